The van der Waals surface area contributed by atoms with Crippen molar-refractivity contribution < 1.29 is 87.9 Å². The van der Waals surface area contributed by atoms with E-state index < -0.39 is 182 Å². The lowest BCUT2D eigenvalue weighted by molar-refractivity contribution is -0.142. The summed E-state index contributed by atoms with van der Waals surface area (Å²) in [6.07, 6.45) is -3.18. The van der Waals surface area contributed by atoms with Gasteiger partial charge in [-0.05, 0) is 72.4 Å². The molecule has 0 heterocycles. The van der Waals surface area contributed by atoms with Crippen LogP contribution in [0.15, 0.2) is 0 Å². The summed E-state index contributed by atoms with van der Waals surface area (Å²) >= 11 is 0. The maximum Gasteiger partial charge on any atom is 0.325 e. The first-order chi connectivity index (χ1) is 34.1. The van der Waals surface area contributed by atoms with Crippen LogP contribution in [-0.2, 0) is 62.3 Å². The van der Waals surface area contributed by atoms with Crippen molar-refractivity contribution in [3.8, 4) is 0 Å². The van der Waals surface area contributed by atoms with Gasteiger partial charge in [0.2, 0.25) is 65.0 Å². The number of nitrogens with two attached hydrogens (primary N) is 5. The number of aliphatic hydroxyl groups is 3. The summed E-state index contributed by atoms with van der Waals surface area (Å²) < 4.78 is 0. The smallest absolute Gasteiger partial charge is 0.325 e. The fourth-order valence-electron chi connectivity index (χ4n) is 6.21. The monoisotopic (exact) mass is 1050 g/mol. The number of carboxylic acid groups (broad SMARTS) is 2. The quantitative estimate of drug-likeness (QED) is 0.0257. The van der Waals surface area contributed by atoms with Crippen LogP contribution < -0.4 is 76.5 Å². The number of hydrogen-bond donors (Lipinski definition) is 19. The van der Waals surface area contributed by atoms with E-state index >= 15 is 0 Å². The predicted molar refractivity (Wildman–Crippen MR) is 250 cm³/mol. The van der Waals surface area contributed by atoms with Crippen LogP contribution in [0.3, 0.4) is 0 Å². The highest BCUT2D eigenvalue weighted by Crippen LogP contribution is 2.07. The summed E-state index contributed by atoms with van der Waals surface area (Å²) in [4.78, 5) is 165. The highest BCUT2D eigenvalue weighted by atomic mass is 16.4. The molecule has 0 aromatic rings. The molecule has 0 aliphatic rings. The molecule has 0 aliphatic carbocycles. The number of aliphatic hydroxyl groups excluding tert-OH is 3. The molecule has 0 rings (SSSR count). The van der Waals surface area contributed by atoms with Crippen molar-refractivity contribution in [1.29, 1.82) is 0 Å². The largest absolute Gasteiger partial charge is 0.481 e. The number of carbonyl (C=O) groups is 13. The SMILES string of the molecule is C[C@H](NC(=O)[C@H](CCCCN)NC(=O)[C@H](CO)NC(=O)[C@H](C)NC(=O)[C@H](CC(=O)O)NC(=O)[C@H](CCC(N)=O)NC(=O)[C@@H](NC(=O)[C@H](CO)NC(=O)[C@H](CC(N)=O)NC(=O)[C@@H](N)CCCCN)[C@@H](C)O)C(=O)O. The normalized spacial score (nSPS) is 15.5. The van der Waals surface area contributed by atoms with Gasteiger partial charge in [-0.2, -0.15) is 0 Å². The second-order valence-corrected chi connectivity index (χ2v) is 16.7. The number of carbonyl (C=O) groups excluding carboxylic acids is 11. The van der Waals surface area contributed by atoms with Gasteiger partial charge >= 0.3 is 11.9 Å². The topological polar surface area (TPSA) is 561 Å². The summed E-state index contributed by atoms with van der Waals surface area (Å²) in [7, 11) is 0. The first kappa shape index (κ1) is 65.9. The zero-order valence-corrected chi connectivity index (χ0v) is 40.7. The van der Waals surface area contributed by atoms with Gasteiger partial charge in [-0.3, -0.25) is 62.3 Å². The van der Waals surface area contributed by atoms with Gasteiger partial charge in [0.05, 0.1) is 38.2 Å². The zero-order valence-electron chi connectivity index (χ0n) is 40.7. The lowest BCUT2D eigenvalue weighted by Gasteiger charge is -2.28. The van der Waals surface area contributed by atoms with Gasteiger partial charge in [0, 0.05) is 6.42 Å². The van der Waals surface area contributed by atoms with Gasteiger partial charge in [-0.15, -0.1) is 0 Å². The molecule has 0 aromatic carbocycles. The third-order valence-electron chi connectivity index (χ3n) is 10.4. The van der Waals surface area contributed by atoms with E-state index in [1.165, 1.54) is 6.92 Å². The number of rotatable bonds is 37. The summed E-state index contributed by atoms with van der Waals surface area (Å²) in [6, 6.07) is -16.8. The lowest BCUT2D eigenvalue weighted by Crippen LogP contribution is -2.62. The van der Waals surface area contributed by atoms with Crippen LogP contribution in [0.25, 0.3) is 0 Å². The molecule has 32 nitrogen and oxygen atoms in total. The van der Waals surface area contributed by atoms with Gasteiger partial charge in [0.1, 0.15) is 54.4 Å². The van der Waals surface area contributed by atoms with E-state index in [1.54, 1.807) is 0 Å². The summed E-state index contributed by atoms with van der Waals surface area (Å²) in [5, 5.41) is 68.5. The second kappa shape index (κ2) is 34.3. The Morgan fingerprint density at radius 3 is 1.33 bits per heavy atom. The molecule has 0 fully saturated rings. The summed E-state index contributed by atoms with van der Waals surface area (Å²) in [5.74, 6) is -15.7. The fraction of sp³-hybridized carbons (Fsp3) is 0.683. The van der Waals surface area contributed by atoms with Crippen LogP contribution in [0.4, 0.5) is 0 Å². The van der Waals surface area contributed by atoms with E-state index in [9.17, 15) is 82.8 Å². The molecule has 11 atom stereocenters. The van der Waals surface area contributed by atoms with E-state index in [0.717, 1.165) is 13.8 Å². The first-order valence-electron chi connectivity index (χ1n) is 22.9. The van der Waals surface area contributed by atoms with E-state index in [2.05, 4.69) is 47.9 Å². The van der Waals surface area contributed by atoms with E-state index in [0.29, 0.717) is 32.2 Å². The van der Waals surface area contributed by atoms with Crippen molar-refractivity contribution >= 4 is 76.9 Å². The third-order valence-corrected chi connectivity index (χ3v) is 10.4. The standard InChI is InChI=1S/C41H72N14O18/c1-18(32(63)53-26(16-56)38(69)49-22(9-5-7-13-43)34(65)48-19(2)41(72)73)47-36(67)25(15-30(61)62)52-35(66)23(10-11-28(45)59)50-40(71)31(20(3)58)55-39(70)27(17-57)54-37(68)24(14-29(46)60)51-33(64)21(44)8-4-6-12-42/h18-27,31,56-58H,4-17,42-44H2,1-3H3,(H2,45,59)(H2,46,60)(H,47,67)(H,48,65)(H,49,69)(H,50,71)(H,51,64)(H,52,66)(H,53,63)(H,54,68)(H,55,70)(H,61,62)(H,72,73)/t18-,19-,20+,21-,22-,23-,24-,25-,26-,27-,31-/m0/s1. The zero-order chi connectivity index (χ0) is 56.1. The van der Waals surface area contributed by atoms with Crippen molar-refractivity contribution in [3.63, 3.8) is 0 Å². The van der Waals surface area contributed by atoms with Crippen LogP contribution >= 0.6 is 0 Å². The van der Waals surface area contributed by atoms with Gasteiger partial charge < -0.3 is 102 Å². The van der Waals surface area contributed by atoms with Crippen LogP contribution in [0, 0.1) is 0 Å². The molecule has 0 unspecified atom stereocenters. The number of hydrogen-bond acceptors (Lipinski definition) is 19. The molecule has 24 N–H and O–H groups in total. The molecule has 32 heteroatoms. The van der Waals surface area contributed by atoms with Crippen molar-refractivity contribution in [2.24, 2.45) is 28.7 Å². The van der Waals surface area contributed by atoms with Crippen LogP contribution in [-0.4, -0.2) is 195 Å². The molecule has 0 bridgehead atoms. The Hall–Kier alpha value is -7.13. The van der Waals surface area contributed by atoms with Crippen molar-refractivity contribution in [2.75, 3.05) is 26.3 Å². The third kappa shape index (κ3) is 25.7. The van der Waals surface area contributed by atoms with E-state index in [4.69, 9.17) is 33.8 Å². The molecular weight excluding hydrogens is 977 g/mol. The van der Waals surface area contributed by atoms with Crippen molar-refractivity contribution in [1.82, 2.24) is 47.9 Å². The van der Waals surface area contributed by atoms with Gasteiger partial charge in [-0.25, -0.2) is 0 Å². The van der Waals surface area contributed by atoms with Gasteiger partial charge in [0.15, 0.2) is 0 Å². The average Bonchev–Trinajstić information content (AvgIpc) is 3.30. The van der Waals surface area contributed by atoms with Crippen LogP contribution in [0.1, 0.15) is 85.0 Å². The fourth-order valence-corrected chi connectivity index (χ4v) is 6.21. The first-order valence-corrected chi connectivity index (χ1v) is 22.9. The molecular formula is C41H72N14O18. The Labute approximate surface area is 418 Å². The number of unbranched alkanes of at least 4 members (excludes halogenated alkanes) is 2. The summed E-state index contributed by atoms with van der Waals surface area (Å²) in [6.45, 7) is 1.56. The number of aliphatic carboxylic acids is 2. The van der Waals surface area contributed by atoms with Crippen LogP contribution in [0.2, 0.25) is 0 Å². The molecule has 0 spiro atoms. The highest BCUT2D eigenvalue weighted by molar-refractivity contribution is 6.00. The highest BCUT2D eigenvalue weighted by Gasteiger charge is 2.36. The molecule has 0 saturated heterocycles. The Morgan fingerprint density at radius 1 is 0.438 bits per heavy atom. The minimum absolute atomic E-state index is 0.0207. The Bertz CT molecular complexity index is 1940. The second-order valence-electron chi connectivity index (χ2n) is 16.7. The number of carboxylic acids is 2. The molecule has 11 amide bonds. The minimum atomic E-state index is -2.04. The minimum Gasteiger partial charge on any atom is -0.481 e. The lowest BCUT2D eigenvalue weighted by atomic mass is 10.1. The van der Waals surface area contributed by atoms with Crippen LogP contribution in [0.5, 0.6) is 0 Å². The molecule has 0 saturated carbocycles. The number of primary amides is 2. The Kier molecular flexibility index (Phi) is 30.9. The Balaban J connectivity index is 6.22. The van der Waals surface area contributed by atoms with Crippen molar-refractivity contribution in [2.45, 2.75) is 152 Å². The molecule has 73 heavy (non-hydrogen) atoms. The maximum absolute atomic E-state index is 13.6. The van der Waals surface area contributed by atoms with E-state index in [-0.39, 0.29) is 19.4 Å². The molecule has 0 aromatic heterocycles. The maximum atomic E-state index is 13.6. The van der Waals surface area contributed by atoms with Crippen molar-refractivity contribution in [3.05, 3.63) is 0 Å². The Morgan fingerprint density at radius 2 is 0.836 bits per heavy atom. The average molecular weight is 1050 g/mol. The molecule has 0 aliphatic heterocycles. The predicted octanol–water partition coefficient (Wildman–Crippen LogP) is -9.96. The molecule has 414 valence electrons. The number of nitrogens with one attached hydrogen (secondary N) is 9. The van der Waals surface area contributed by atoms with E-state index in [1.807, 2.05) is 0 Å². The van der Waals surface area contributed by atoms with Gasteiger partial charge in [-0.1, -0.05) is 6.42 Å². The van der Waals surface area contributed by atoms with Gasteiger partial charge in [0.25, 0.3) is 0 Å². The molecule has 0 radical (unpaired) electrons. The number of amides is 11. The summed E-state index contributed by atoms with van der Waals surface area (Å²) in [5.41, 5.74) is 27.3.